The van der Waals surface area contributed by atoms with Crippen LogP contribution in [0.15, 0.2) is 33.7 Å². The lowest BCUT2D eigenvalue weighted by Gasteiger charge is -2.06. The number of aromatic amines is 1. The van der Waals surface area contributed by atoms with Gasteiger partial charge in [-0.05, 0) is 30.4 Å². The van der Waals surface area contributed by atoms with E-state index >= 15 is 0 Å². The number of nitrogens with one attached hydrogen (secondary N) is 1. The molecule has 1 saturated carbocycles. The predicted octanol–water partition coefficient (Wildman–Crippen LogP) is 3.06. The Hall–Kier alpha value is -2.77. The van der Waals surface area contributed by atoms with Crippen LogP contribution in [0.3, 0.4) is 0 Å². The molecule has 3 aromatic rings. The zero-order valence-corrected chi connectivity index (χ0v) is 11.8. The first-order valence-corrected chi connectivity index (χ1v) is 7.05. The summed E-state index contributed by atoms with van der Waals surface area (Å²) in [4.78, 5) is 22.1. The van der Waals surface area contributed by atoms with E-state index < -0.39 is 12.4 Å². The number of halogens is 2. The van der Waals surface area contributed by atoms with Crippen molar-refractivity contribution in [2.24, 2.45) is 0 Å². The second-order valence-electron chi connectivity index (χ2n) is 5.31. The summed E-state index contributed by atoms with van der Waals surface area (Å²) in [6, 6.07) is 3.72. The number of aromatic nitrogens is 3. The molecule has 118 valence electrons. The highest BCUT2D eigenvalue weighted by Crippen LogP contribution is 2.43. The molecule has 1 aliphatic carbocycles. The minimum Gasteiger partial charge on any atom is -0.415 e. The highest BCUT2D eigenvalue weighted by molar-refractivity contribution is 5.91. The molecule has 0 atom stereocenters. The maximum atomic E-state index is 12.1. The molecule has 0 amide bonds. The quantitative estimate of drug-likeness (QED) is 0.799. The van der Waals surface area contributed by atoms with E-state index in [0.29, 0.717) is 28.3 Å². The summed E-state index contributed by atoms with van der Waals surface area (Å²) in [7, 11) is 0. The molecule has 8 heteroatoms. The van der Waals surface area contributed by atoms with E-state index in [0.717, 1.165) is 24.6 Å². The Morgan fingerprint density at radius 2 is 2.09 bits per heavy atom. The molecule has 2 heterocycles. The molecule has 1 aliphatic rings. The molecule has 0 unspecified atom stereocenters. The second kappa shape index (κ2) is 5.15. The fourth-order valence-corrected chi connectivity index (χ4v) is 2.60. The third-order valence-electron chi connectivity index (χ3n) is 3.74. The summed E-state index contributed by atoms with van der Waals surface area (Å²) in [6.45, 7) is -2.96. The van der Waals surface area contributed by atoms with Crippen molar-refractivity contribution in [3.05, 3.63) is 40.6 Å². The summed E-state index contributed by atoms with van der Waals surface area (Å²) >= 11 is 0. The lowest BCUT2D eigenvalue weighted by atomic mass is 10.0. The Bertz CT molecular complexity index is 914. The van der Waals surface area contributed by atoms with E-state index in [1.165, 1.54) is 6.20 Å². The molecule has 0 spiro atoms. The predicted molar refractivity (Wildman–Crippen MR) is 76.5 cm³/mol. The van der Waals surface area contributed by atoms with Gasteiger partial charge in [0.1, 0.15) is 0 Å². The van der Waals surface area contributed by atoms with Crippen LogP contribution in [0.1, 0.15) is 24.3 Å². The minimum atomic E-state index is -2.96. The van der Waals surface area contributed by atoms with E-state index in [1.54, 1.807) is 6.07 Å². The third kappa shape index (κ3) is 2.56. The van der Waals surface area contributed by atoms with Gasteiger partial charge in [-0.2, -0.15) is 8.78 Å². The van der Waals surface area contributed by atoms with Crippen LogP contribution >= 0.6 is 0 Å². The van der Waals surface area contributed by atoms with Gasteiger partial charge >= 0.3 is 12.4 Å². The Balaban J connectivity index is 1.79. The molecule has 0 bridgehead atoms. The molecular formula is C15H11F2N3O3. The van der Waals surface area contributed by atoms with E-state index in [4.69, 9.17) is 4.42 Å². The number of ether oxygens (including phenoxy) is 1. The van der Waals surface area contributed by atoms with Gasteiger partial charge in [0.25, 0.3) is 0 Å². The van der Waals surface area contributed by atoms with Crippen LogP contribution in [0.5, 0.6) is 5.88 Å². The zero-order chi connectivity index (χ0) is 16.0. The van der Waals surface area contributed by atoms with Crippen molar-refractivity contribution >= 4 is 11.1 Å². The number of hydrogen-bond acceptors (Lipinski definition) is 5. The molecule has 0 saturated heterocycles. The van der Waals surface area contributed by atoms with Crippen LogP contribution in [-0.2, 0) is 0 Å². The molecule has 1 aromatic carbocycles. The molecule has 4 rings (SSSR count). The Labute approximate surface area is 128 Å². The normalized spacial score (nSPS) is 14.6. The van der Waals surface area contributed by atoms with Crippen molar-refractivity contribution in [3.8, 4) is 17.1 Å². The van der Waals surface area contributed by atoms with Gasteiger partial charge in [0.15, 0.2) is 5.58 Å². The average molecular weight is 319 g/mol. The smallest absolute Gasteiger partial charge is 0.415 e. The first-order chi connectivity index (χ1) is 11.1. The Morgan fingerprint density at radius 3 is 2.74 bits per heavy atom. The number of nitrogens with zero attached hydrogens (tertiary/aromatic N) is 2. The van der Waals surface area contributed by atoms with E-state index in [-0.39, 0.29) is 5.88 Å². The van der Waals surface area contributed by atoms with Crippen molar-refractivity contribution in [1.29, 1.82) is 0 Å². The van der Waals surface area contributed by atoms with E-state index in [2.05, 4.69) is 19.7 Å². The first kappa shape index (κ1) is 13.9. The molecule has 0 aliphatic heterocycles. The van der Waals surface area contributed by atoms with Crippen molar-refractivity contribution < 1.29 is 17.9 Å². The number of rotatable bonds is 4. The molecule has 6 nitrogen and oxygen atoms in total. The van der Waals surface area contributed by atoms with Crippen LogP contribution in [0.25, 0.3) is 22.4 Å². The van der Waals surface area contributed by atoms with Gasteiger partial charge in [-0.1, -0.05) is 6.07 Å². The van der Waals surface area contributed by atoms with Crippen molar-refractivity contribution in [3.63, 3.8) is 0 Å². The van der Waals surface area contributed by atoms with Crippen molar-refractivity contribution in [2.75, 3.05) is 0 Å². The lowest BCUT2D eigenvalue weighted by Crippen LogP contribution is -2.04. The van der Waals surface area contributed by atoms with Gasteiger partial charge < -0.3 is 9.15 Å². The Kier molecular flexibility index (Phi) is 3.10. The average Bonchev–Trinajstić information content (AvgIpc) is 3.27. The molecule has 1 N–H and O–H groups in total. The summed E-state index contributed by atoms with van der Waals surface area (Å²) in [5.41, 5.74) is 3.07. The van der Waals surface area contributed by atoms with Crippen LogP contribution in [-0.4, -0.2) is 21.6 Å². The van der Waals surface area contributed by atoms with Crippen LogP contribution < -0.4 is 10.5 Å². The van der Waals surface area contributed by atoms with Gasteiger partial charge in [0.2, 0.25) is 5.88 Å². The molecule has 23 heavy (non-hydrogen) atoms. The van der Waals surface area contributed by atoms with Gasteiger partial charge in [0, 0.05) is 5.56 Å². The number of fused-ring (bicyclic) bond motifs is 1. The molecule has 0 radical (unpaired) electrons. The molecule has 1 fully saturated rings. The highest BCUT2D eigenvalue weighted by Gasteiger charge is 2.27. The molecule has 2 aromatic heterocycles. The third-order valence-corrected chi connectivity index (χ3v) is 3.74. The maximum Gasteiger partial charge on any atom is 0.417 e. The summed E-state index contributed by atoms with van der Waals surface area (Å²) in [6.07, 6.45) is 4.57. The van der Waals surface area contributed by atoms with E-state index in [9.17, 15) is 13.6 Å². The first-order valence-electron chi connectivity index (χ1n) is 7.05. The lowest BCUT2D eigenvalue weighted by molar-refractivity contribution is -0.0530. The van der Waals surface area contributed by atoms with Crippen molar-refractivity contribution in [2.45, 2.75) is 25.4 Å². The number of hydrogen-bond donors (Lipinski definition) is 1. The van der Waals surface area contributed by atoms with Crippen LogP contribution in [0.4, 0.5) is 8.78 Å². The molecular weight excluding hydrogens is 308 g/mol. The second-order valence-corrected chi connectivity index (χ2v) is 5.31. The van der Waals surface area contributed by atoms with Gasteiger partial charge in [-0.25, -0.2) is 14.8 Å². The summed E-state index contributed by atoms with van der Waals surface area (Å²) < 4.78 is 33.7. The fraction of sp³-hybridized carbons (Fsp3) is 0.267. The number of oxazole rings is 1. The largest absolute Gasteiger partial charge is 0.417 e. The fourth-order valence-electron chi connectivity index (χ4n) is 2.60. The van der Waals surface area contributed by atoms with Gasteiger partial charge in [-0.15, -0.1) is 0 Å². The summed E-state index contributed by atoms with van der Waals surface area (Å²) in [5, 5.41) is 0. The SMILES string of the molecule is O=c1[nH]c2c(C3CC3)ccc(-c3cnc(OC(F)F)cn3)c2o1. The van der Waals surface area contributed by atoms with Crippen LogP contribution in [0, 0.1) is 0 Å². The highest BCUT2D eigenvalue weighted by atomic mass is 19.3. The Morgan fingerprint density at radius 1 is 1.26 bits per heavy atom. The maximum absolute atomic E-state index is 12.1. The monoisotopic (exact) mass is 319 g/mol. The van der Waals surface area contributed by atoms with Gasteiger partial charge in [-0.3, -0.25) is 4.98 Å². The number of alkyl halides is 2. The van der Waals surface area contributed by atoms with Crippen molar-refractivity contribution in [1.82, 2.24) is 15.0 Å². The minimum absolute atomic E-state index is 0.273. The number of benzene rings is 1. The van der Waals surface area contributed by atoms with E-state index in [1.807, 2.05) is 6.07 Å². The standard InChI is InChI=1S/C15H11F2N3O3/c16-14(17)22-11-6-18-10(5-19-11)9-4-3-8(7-1-2-7)12-13(9)23-15(21)20-12/h3-7,14H,1-2H2,(H,20,21). The number of H-pyrrole nitrogens is 1. The topological polar surface area (TPSA) is 81.0 Å². The van der Waals surface area contributed by atoms with Crippen LogP contribution in [0.2, 0.25) is 0 Å². The van der Waals surface area contributed by atoms with Gasteiger partial charge in [0.05, 0.1) is 23.6 Å². The zero-order valence-electron chi connectivity index (χ0n) is 11.8. The summed E-state index contributed by atoms with van der Waals surface area (Å²) in [5.74, 6) is -0.377.